The van der Waals surface area contributed by atoms with Gasteiger partial charge in [-0.25, -0.2) is 4.79 Å². The molecule has 0 saturated heterocycles. The smallest absolute Gasteiger partial charge is 0.334 e. The fourth-order valence-corrected chi connectivity index (χ4v) is 0.748. The van der Waals surface area contributed by atoms with Crippen molar-refractivity contribution in [2.75, 3.05) is 39.6 Å². The molecular formula is C9H18O6. The van der Waals surface area contributed by atoms with Crippen molar-refractivity contribution in [3.8, 4) is 0 Å². The van der Waals surface area contributed by atoms with Gasteiger partial charge in [-0.2, -0.15) is 0 Å². The van der Waals surface area contributed by atoms with Crippen LogP contribution in [-0.2, 0) is 19.0 Å². The molecule has 0 aliphatic rings. The summed E-state index contributed by atoms with van der Waals surface area (Å²) >= 11 is 0. The molecule has 0 radical (unpaired) electrons. The van der Waals surface area contributed by atoms with Crippen LogP contribution in [0.15, 0.2) is 0 Å². The maximum absolute atomic E-state index is 10.2. The van der Waals surface area contributed by atoms with Crippen LogP contribution < -0.4 is 0 Å². The van der Waals surface area contributed by atoms with Gasteiger partial charge in [0, 0.05) is 6.61 Å². The van der Waals surface area contributed by atoms with Crippen LogP contribution >= 0.6 is 0 Å². The minimum atomic E-state index is -1.46. The van der Waals surface area contributed by atoms with Gasteiger partial charge in [-0.3, -0.25) is 0 Å². The zero-order valence-corrected chi connectivity index (χ0v) is 8.85. The van der Waals surface area contributed by atoms with E-state index in [9.17, 15) is 4.79 Å². The maximum atomic E-state index is 10.2. The summed E-state index contributed by atoms with van der Waals surface area (Å²) in [7, 11) is 0. The predicted octanol–water partition coefficient (Wildman–Crippen LogP) is -0.498. The lowest BCUT2D eigenvalue weighted by molar-refractivity contribution is -0.150. The molecule has 0 rings (SSSR count). The Labute approximate surface area is 88.7 Å². The van der Waals surface area contributed by atoms with Gasteiger partial charge in [-0.05, 0) is 6.92 Å². The number of rotatable bonds is 10. The molecule has 90 valence electrons. The van der Waals surface area contributed by atoms with Crippen LogP contribution in [0.2, 0.25) is 0 Å². The van der Waals surface area contributed by atoms with E-state index in [4.69, 9.17) is 24.4 Å². The first-order chi connectivity index (χ1) is 7.18. The van der Waals surface area contributed by atoms with Crippen molar-refractivity contribution in [3.05, 3.63) is 0 Å². The van der Waals surface area contributed by atoms with Crippen LogP contribution in [0.1, 0.15) is 6.92 Å². The van der Waals surface area contributed by atoms with Crippen molar-refractivity contribution in [1.29, 1.82) is 0 Å². The molecule has 2 N–H and O–H groups in total. The molecule has 1 unspecified atom stereocenters. The molecule has 0 aromatic rings. The Morgan fingerprint density at radius 2 is 1.67 bits per heavy atom. The van der Waals surface area contributed by atoms with Crippen molar-refractivity contribution in [1.82, 2.24) is 0 Å². The normalized spacial score (nSPS) is 12.7. The molecule has 0 heterocycles. The zero-order valence-electron chi connectivity index (χ0n) is 8.85. The molecule has 0 aromatic carbocycles. The number of carbonyl (C=O) groups is 1. The van der Waals surface area contributed by atoms with E-state index in [2.05, 4.69) is 0 Å². The fourth-order valence-electron chi connectivity index (χ4n) is 0.748. The molecule has 0 fully saturated rings. The standard InChI is InChI=1S/C9H18O6/c1-2-13-3-4-14-5-6-15-7-8(10)9(11)12/h8,10H,2-7H2,1H3,(H,11,12). The van der Waals surface area contributed by atoms with Gasteiger partial charge in [0.15, 0.2) is 6.10 Å². The molecule has 1 atom stereocenters. The first-order valence-electron chi connectivity index (χ1n) is 4.82. The summed E-state index contributed by atoms with van der Waals surface area (Å²) in [5, 5.41) is 17.1. The number of aliphatic hydroxyl groups is 1. The van der Waals surface area contributed by atoms with Crippen molar-refractivity contribution in [2.24, 2.45) is 0 Å². The van der Waals surface area contributed by atoms with Crippen molar-refractivity contribution >= 4 is 5.97 Å². The van der Waals surface area contributed by atoms with Gasteiger partial charge in [0.2, 0.25) is 0 Å². The van der Waals surface area contributed by atoms with Gasteiger partial charge >= 0.3 is 5.97 Å². The van der Waals surface area contributed by atoms with Crippen molar-refractivity contribution in [2.45, 2.75) is 13.0 Å². The molecule has 0 spiro atoms. The average Bonchev–Trinajstić information content (AvgIpc) is 2.21. The van der Waals surface area contributed by atoms with E-state index in [1.165, 1.54) is 0 Å². The number of carboxylic acids is 1. The van der Waals surface area contributed by atoms with Crippen LogP contribution in [0, 0.1) is 0 Å². The zero-order chi connectivity index (χ0) is 11.5. The molecule has 6 nitrogen and oxygen atoms in total. The van der Waals surface area contributed by atoms with Crippen molar-refractivity contribution in [3.63, 3.8) is 0 Å². The van der Waals surface area contributed by atoms with Gasteiger partial charge in [0.1, 0.15) is 0 Å². The third-order valence-electron chi connectivity index (χ3n) is 1.51. The van der Waals surface area contributed by atoms with E-state index in [0.717, 1.165) is 0 Å². The minimum absolute atomic E-state index is 0.218. The third-order valence-corrected chi connectivity index (χ3v) is 1.51. The number of carboxylic acid groups (broad SMARTS) is 1. The maximum Gasteiger partial charge on any atom is 0.334 e. The van der Waals surface area contributed by atoms with Gasteiger partial charge in [0.25, 0.3) is 0 Å². The second-order valence-corrected chi connectivity index (χ2v) is 2.74. The second kappa shape index (κ2) is 9.85. The Morgan fingerprint density at radius 3 is 2.20 bits per heavy atom. The van der Waals surface area contributed by atoms with E-state index < -0.39 is 12.1 Å². The van der Waals surface area contributed by atoms with E-state index in [-0.39, 0.29) is 13.2 Å². The molecule has 0 aliphatic heterocycles. The molecule has 0 aliphatic carbocycles. The monoisotopic (exact) mass is 222 g/mol. The second-order valence-electron chi connectivity index (χ2n) is 2.74. The predicted molar refractivity (Wildman–Crippen MR) is 51.8 cm³/mol. The number of hydrogen-bond acceptors (Lipinski definition) is 5. The van der Waals surface area contributed by atoms with Crippen LogP contribution in [0.4, 0.5) is 0 Å². The van der Waals surface area contributed by atoms with Crippen LogP contribution in [0.5, 0.6) is 0 Å². The first kappa shape index (κ1) is 14.3. The quantitative estimate of drug-likeness (QED) is 0.485. The van der Waals surface area contributed by atoms with Crippen LogP contribution in [-0.4, -0.2) is 61.9 Å². The Hall–Kier alpha value is -0.690. The highest BCUT2D eigenvalue weighted by Crippen LogP contribution is 1.86. The van der Waals surface area contributed by atoms with E-state index in [0.29, 0.717) is 26.4 Å². The van der Waals surface area contributed by atoms with E-state index in [1.54, 1.807) is 0 Å². The van der Waals surface area contributed by atoms with Gasteiger partial charge < -0.3 is 24.4 Å². The molecular weight excluding hydrogens is 204 g/mol. The highest BCUT2D eigenvalue weighted by Gasteiger charge is 2.12. The topological polar surface area (TPSA) is 85.2 Å². The highest BCUT2D eigenvalue weighted by molar-refractivity contribution is 5.71. The first-order valence-corrected chi connectivity index (χ1v) is 4.82. The fraction of sp³-hybridized carbons (Fsp3) is 0.889. The largest absolute Gasteiger partial charge is 0.479 e. The average molecular weight is 222 g/mol. The van der Waals surface area contributed by atoms with E-state index >= 15 is 0 Å². The summed E-state index contributed by atoms with van der Waals surface area (Å²) in [4.78, 5) is 10.2. The highest BCUT2D eigenvalue weighted by atomic mass is 16.5. The van der Waals surface area contributed by atoms with Crippen LogP contribution in [0.25, 0.3) is 0 Å². The summed E-state index contributed by atoms with van der Waals surface area (Å²) in [5.41, 5.74) is 0. The summed E-state index contributed by atoms with van der Waals surface area (Å²) < 4.78 is 15.0. The minimum Gasteiger partial charge on any atom is -0.479 e. The SMILES string of the molecule is CCOCCOCCOCC(O)C(=O)O. The lowest BCUT2D eigenvalue weighted by atomic mass is 10.4. The molecule has 0 saturated carbocycles. The summed E-state index contributed by atoms with van der Waals surface area (Å²) in [6.45, 7) is 3.98. The third kappa shape index (κ3) is 9.61. The number of aliphatic carboxylic acids is 1. The Balaban J connectivity index is 3.08. The molecule has 0 bridgehead atoms. The van der Waals surface area contributed by atoms with E-state index in [1.807, 2.05) is 6.92 Å². The molecule has 0 amide bonds. The Kier molecular flexibility index (Phi) is 9.40. The molecule has 6 heteroatoms. The summed E-state index contributed by atoms with van der Waals surface area (Å²) in [6.07, 6.45) is -1.46. The lowest BCUT2D eigenvalue weighted by Gasteiger charge is -2.07. The van der Waals surface area contributed by atoms with Crippen molar-refractivity contribution < 1.29 is 29.2 Å². The summed E-state index contributed by atoms with van der Waals surface area (Å²) in [5.74, 6) is -1.28. The molecule has 15 heavy (non-hydrogen) atoms. The number of ether oxygens (including phenoxy) is 3. The van der Waals surface area contributed by atoms with Crippen LogP contribution in [0.3, 0.4) is 0 Å². The lowest BCUT2D eigenvalue weighted by Crippen LogP contribution is -2.26. The summed E-state index contributed by atoms with van der Waals surface area (Å²) in [6, 6.07) is 0. The Bertz CT molecular complexity index is 161. The van der Waals surface area contributed by atoms with Gasteiger partial charge in [-0.15, -0.1) is 0 Å². The van der Waals surface area contributed by atoms with Gasteiger partial charge in [-0.1, -0.05) is 0 Å². The number of hydrogen-bond donors (Lipinski definition) is 2. The molecule has 0 aromatic heterocycles. The van der Waals surface area contributed by atoms with Gasteiger partial charge in [0.05, 0.1) is 33.0 Å². The Morgan fingerprint density at radius 1 is 1.13 bits per heavy atom. The number of aliphatic hydroxyl groups excluding tert-OH is 1.